The molecule has 4 nitrogen and oxygen atoms in total. The Morgan fingerprint density at radius 2 is 1.78 bits per heavy atom. The Bertz CT molecular complexity index is 618. The van der Waals surface area contributed by atoms with Crippen LogP contribution in [0.2, 0.25) is 0 Å². The molecule has 2 fully saturated rings. The minimum absolute atomic E-state index is 0.658. The van der Waals surface area contributed by atoms with E-state index in [1.807, 2.05) is 30.0 Å². The van der Waals surface area contributed by atoms with Gasteiger partial charge in [0.05, 0.1) is 0 Å². The van der Waals surface area contributed by atoms with Crippen molar-refractivity contribution >= 4 is 11.8 Å². The molecular weight excluding hydrogens is 367 g/mol. The van der Waals surface area contributed by atoms with Crippen molar-refractivity contribution in [3.8, 4) is 0 Å². The summed E-state index contributed by atoms with van der Waals surface area (Å²) >= 11 is 1.96. The first-order valence-corrected chi connectivity index (χ1v) is 11.1. The third-order valence-electron chi connectivity index (χ3n) is 6.20. The lowest BCUT2D eigenvalue weighted by atomic mass is 9.82. The molecule has 0 bridgehead atoms. The fourth-order valence-corrected chi connectivity index (χ4v) is 5.07. The Labute approximate surface area is 165 Å². The highest BCUT2D eigenvalue weighted by molar-refractivity contribution is 7.99. The van der Waals surface area contributed by atoms with Crippen molar-refractivity contribution in [2.45, 2.75) is 74.8 Å². The lowest BCUT2D eigenvalue weighted by Gasteiger charge is -2.40. The molecule has 1 saturated heterocycles. The van der Waals surface area contributed by atoms with Crippen molar-refractivity contribution in [2.24, 2.45) is 5.92 Å². The van der Waals surface area contributed by atoms with Gasteiger partial charge < -0.3 is 20.1 Å². The van der Waals surface area contributed by atoms with Gasteiger partial charge >= 0.3 is 0 Å². The molecule has 27 heavy (non-hydrogen) atoms. The molecule has 1 aromatic carbocycles. The Morgan fingerprint density at radius 3 is 2.41 bits per heavy atom. The highest BCUT2D eigenvalue weighted by atomic mass is 32.2. The second-order valence-electron chi connectivity index (χ2n) is 7.99. The zero-order valence-corrected chi connectivity index (χ0v) is 16.9. The molecular formula is C21H31FO4S. The molecule has 1 aromatic rings. The number of thioether (sulfide) groups is 1. The van der Waals surface area contributed by atoms with Gasteiger partial charge in [-0.1, -0.05) is 18.2 Å². The first-order valence-electron chi connectivity index (χ1n) is 9.82. The number of aliphatic hydroxyl groups excluding tert-OH is 3. The van der Waals surface area contributed by atoms with Gasteiger partial charge in [0.2, 0.25) is 0 Å². The number of hydrogen-bond donors (Lipinski definition) is 3. The summed E-state index contributed by atoms with van der Waals surface area (Å²) in [7, 11) is 0. The zero-order valence-electron chi connectivity index (χ0n) is 16.1. The predicted octanol–water partition coefficient (Wildman–Crippen LogP) is 2.95. The number of rotatable bonds is 5. The topological polar surface area (TPSA) is 69.9 Å². The first-order chi connectivity index (χ1) is 12.9. The van der Waals surface area contributed by atoms with Crippen LogP contribution in [0.4, 0.5) is 4.39 Å². The van der Waals surface area contributed by atoms with Crippen molar-refractivity contribution in [3.05, 3.63) is 34.9 Å². The molecule has 1 aliphatic heterocycles. The molecule has 6 heteroatoms. The predicted molar refractivity (Wildman–Crippen MR) is 106 cm³/mol. The zero-order chi connectivity index (χ0) is 19.6. The fourth-order valence-electron chi connectivity index (χ4n) is 4.32. The molecule has 3 rings (SSSR count). The van der Waals surface area contributed by atoms with Gasteiger partial charge in [-0.25, -0.2) is 4.39 Å². The number of aryl methyl sites for hydroxylation is 1. The molecule has 5 atom stereocenters. The van der Waals surface area contributed by atoms with Gasteiger partial charge in [0.1, 0.15) is 37.2 Å². The van der Waals surface area contributed by atoms with E-state index in [1.165, 1.54) is 36.8 Å². The Morgan fingerprint density at radius 1 is 1.07 bits per heavy atom. The van der Waals surface area contributed by atoms with E-state index < -0.39 is 37.2 Å². The maximum Gasteiger partial charge on any atom is 0.118 e. The number of aliphatic hydroxyl groups is 3. The summed E-state index contributed by atoms with van der Waals surface area (Å²) in [5.74, 6) is 0.658. The maximum absolute atomic E-state index is 13.2. The van der Waals surface area contributed by atoms with Gasteiger partial charge in [0.15, 0.2) is 0 Å². The van der Waals surface area contributed by atoms with Crippen molar-refractivity contribution < 1.29 is 24.4 Å². The van der Waals surface area contributed by atoms with Gasteiger partial charge in [0.25, 0.3) is 0 Å². The average Bonchev–Trinajstić information content (AvgIpc) is 2.69. The molecule has 0 spiro atoms. The van der Waals surface area contributed by atoms with E-state index in [9.17, 15) is 19.7 Å². The number of alkyl halides is 1. The van der Waals surface area contributed by atoms with Crippen LogP contribution in [-0.4, -0.2) is 57.9 Å². The largest absolute Gasteiger partial charge is 0.387 e. The summed E-state index contributed by atoms with van der Waals surface area (Å²) in [4.78, 5) is 0. The van der Waals surface area contributed by atoms with Crippen molar-refractivity contribution in [3.63, 3.8) is 0 Å². The summed E-state index contributed by atoms with van der Waals surface area (Å²) in [5.41, 5.74) is 3.14. The molecule has 0 radical (unpaired) electrons. The van der Waals surface area contributed by atoms with E-state index in [2.05, 4.69) is 13.2 Å². The van der Waals surface area contributed by atoms with Crippen LogP contribution < -0.4 is 0 Å². The summed E-state index contributed by atoms with van der Waals surface area (Å²) in [6, 6.07) is 5.87. The van der Waals surface area contributed by atoms with E-state index in [-0.39, 0.29) is 0 Å². The van der Waals surface area contributed by atoms with Crippen LogP contribution in [0.5, 0.6) is 0 Å². The fraction of sp³-hybridized carbons (Fsp3) is 0.714. The van der Waals surface area contributed by atoms with Gasteiger partial charge in [-0.3, -0.25) is 0 Å². The van der Waals surface area contributed by atoms with Crippen LogP contribution in [0, 0.1) is 12.8 Å². The summed E-state index contributed by atoms with van der Waals surface area (Å²) in [5, 5.41) is 31.1. The monoisotopic (exact) mass is 398 g/mol. The molecule has 0 unspecified atom stereocenters. The summed E-state index contributed by atoms with van der Waals surface area (Å²) in [6.45, 7) is 1.17. The Kier molecular flexibility index (Phi) is 7.20. The lowest BCUT2D eigenvalue weighted by molar-refractivity contribution is -0.227. The smallest absolute Gasteiger partial charge is 0.118 e. The van der Waals surface area contributed by atoms with E-state index in [0.717, 1.165) is 17.2 Å². The first kappa shape index (κ1) is 21.1. The standard InChI is InChI=1S/C21H31FO4S/c1-12-3-6-14(21-20(25)19(24)18(23)17(11-22)26-21)10-15(12)9-13-4-7-16(27-2)8-5-13/h3,6,10,13,16-21,23-25H,4-5,7-9,11H2,1-2H3/t13?,16?,17-,18-,19+,20-,21+/m1/s1. The second-order valence-corrected chi connectivity index (χ2v) is 9.13. The van der Waals surface area contributed by atoms with Crippen LogP contribution >= 0.6 is 11.8 Å². The highest BCUT2D eigenvalue weighted by Crippen LogP contribution is 2.36. The molecule has 0 amide bonds. The SMILES string of the molecule is CSC1CCC(Cc2cc([C@@H]3O[C@H](CF)[C@@H](O)[C@H](O)[C@H]3O)ccc2C)CC1. The van der Waals surface area contributed by atoms with Gasteiger partial charge in [-0.15, -0.1) is 0 Å². The van der Waals surface area contributed by atoms with Crippen LogP contribution in [-0.2, 0) is 11.2 Å². The van der Waals surface area contributed by atoms with Gasteiger partial charge in [-0.05, 0) is 67.9 Å². The highest BCUT2D eigenvalue weighted by Gasteiger charge is 2.44. The van der Waals surface area contributed by atoms with Gasteiger partial charge in [0, 0.05) is 5.25 Å². The Hall–Kier alpha value is -0.660. The quantitative estimate of drug-likeness (QED) is 0.711. The van der Waals surface area contributed by atoms with Crippen molar-refractivity contribution in [1.29, 1.82) is 0 Å². The molecule has 152 valence electrons. The van der Waals surface area contributed by atoms with E-state index in [1.54, 1.807) is 0 Å². The molecule has 3 N–H and O–H groups in total. The minimum atomic E-state index is -1.42. The third-order valence-corrected chi connectivity index (χ3v) is 7.34. The Balaban J connectivity index is 1.74. The second kappa shape index (κ2) is 9.23. The van der Waals surface area contributed by atoms with E-state index in [0.29, 0.717) is 5.92 Å². The molecule has 1 heterocycles. The van der Waals surface area contributed by atoms with Crippen LogP contribution in [0.1, 0.15) is 48.5 Å². The minimum Gasteiger partial charge on any atom is -0.387 e. The summed E-state index contributed by atoms with van der Waals surface area (Å²) in [6.07, 6.45) is 2.07. The lowest BCUT2D eigenvalue weighted by Crippen LogP contribution is -2.54. The summed E-state index contributed by atoms with van der Waals surface area (Å²) < 4.78 is 18.7. The molecule has 1 aliphatic carbocycles. The molecule has 2 aliphatic rings. The van der Waals surface area contributed by atoms with Gasteiger partial charge in [-0.2, -0.15) is 11.8 Å². The normalized spacial score (nSPS) is 37.3. The third kappa shape index (κ3) is 4.67. The molecule has 0 aromatic heterocycles. The van der Waals surface area contributed by atoms with Crippen LogP contribution in [0.15, 0.2) is 18.2 Å². The van der Waals surface area contributed by atoms with Crippen molar-refractivity contribution in [2.75, 3.05) is 12.9 Å². The van der Waals surface area contributed by atoms with E-state index in [4.69, 9.17) is 4.74 Å². The number of hydrogen-bond acceptors (Lipinski definition) is 5. The van der Waals surface area contributed by atoms with Crippen LogP contribution in [0.25, 0.3) is 0 Å². The van der Waals surface area contributed by atoms with E-state index >= 15 is 0 Å². The average molecular weight is 399 g/mol. The van der Waals surface area contributed by atoms with Crippen LogP contribution in [0.3, 0.4) is 0 Å². The number of halogens is 1. The van der Waals surface area contributed by atoms with Crippen molar-refractivity contribution in [1.82, 2.24) is 0 Å². The number of benzene rings is 1. The number of ether oxygens (including phenoxy) is 1. The maximum atomic E-state index is 13.2. The molecule has 1 saturated carbocycles.